The van der Waals surface area contributed by atoms with Crippen molar-refractivity contribution in [1.29, 1.82) is 0 Å². The van der Waals surface area contributed by atoms with Crippen LogP contribution in [0.25, 0.3) is 22.0 Å². The molecule has 0 radical (unpaired) electrons. The monoisotopic (exact) mass is 346 g/mol. The van der Waals surface area contributed by atoms with Gasteiger partial charge in [0, 0.05) is 34.4 Å². The van der Waals surface area contributed by atoms with Gasteiger partial charge in [0.05, 0.1) is 29.0 Å². The lowest BCUT2D eigenvalue weighted by molar-refractivity contribution is 0.0779. The fourth-order valence-electron chi connectivity index (χ4n) is 3.77. The zero-order valence-electron chi connectivity index (χ0n) is 15.3. The van der Waals surface area contributed by atoms with Crippen LogP contribution in [0.2, 0.25) is 0 Å². The van der Waals surface area contributed by atoms with Crippen LogP contribution in [-0.4, -0.2) is 27.3 Å². The van der Waals surface area contributed by atoms with Gasteiger partial charge >= 0.3 is 0 Å². The van der Waals surface area contributed by atoms with Crippen LogP contribution in [-0.2, 0) is 6.54 Å². The fourth-order valence-corrected chi connectivity index (χ4v) is 3.77. The van der Waals surface area contributed by atoms with Crippen LogP contribution >= 0.6 is 0 Å². The number of carbonyl (C=O) groups excluding carboxylic acids is 1. The molecular weight excluding hydrogens is 324 g/mol. The Morgan fingerprint density at radius 2 is 1.92 bits per heavy atom. The summed E-state index contributed by atoms with van der Waals surface area (Å²) in [5.74, 6) is -0.00710. The highest BCUT2D eigenvalue weighted by atomic mass is 16.2. The van der Waals surface area contributed by atoms with Crippen molar-refractivity contribution in [1.82, 2.24) is 14.9 Å². The predicted molar refractivity (Wildman–Crippen MR) is 104 cm³/mol. The Morgan fingerprint density at radius 3 is 2.65 bits per heavy atom. The van der Waals surface area contributed by atoms with E-state index < -0.39 is 0 Å². The van der Waals surface area contributed by atoms with E-state index in [4.69, 9.17) is 10.7 Å². The number of pyridine rings is 2. The van der Waals surface area contributed by atoms with E-state index in [1.54, 1.807) is 0 Å². The smallest absolute Gasteiger partial charge is 0.258 e. The lowest BCUT2D eigenvalue weighted by Crippen LogP contribution is -2.24. The van der Waals surface area contributed by atoms with E-state index in [0.29, 0.717) is 17.8 Å². The molecule has 132 valence electrons. The number of benzene rings is 1. The van der Waals surface area contributed by atoms with E-state index >= 15 is 0 Å². The molecule has 0 atom stereocenters. The first-order chi connectivity index (χ1) is 12.5. The molecule has 2 N–H and O–H groups in total. The summed E-state index contributed by atoms with van der Waals surface area (Å²) in [6.07, 6.45) is 0.915. The van der Waals surface area contributed by atoms with Gasteiger partial charge in [0.1, 0.15) is 0 Å². The van der Waals surface area contributed by atoms with Gasteiger partial charge in [-0.05, 0) is 26.3 Å². The predicted octanol–water partition coefficient (Wildman–Crippen LogP) is 3.86. The first-order valence-electron chi connectivity index (χ1n) is 8.96. The van der Waals surface area contributed by atoms with Crippen LogP contribution in [0.4, 0.5) is 5.69 Å². The number of aromatic nitrogens is 2. The van der Waals surface area contributed by atoms with Crippen molar-refractivity contribution in [3.05, 3.63) is 53.0 Å². The summed E-state index contributed by atoms with van der Waals surface area (Å²) in [6, 6.07) is 10.0. The highest BCUT2D eigenvalue weighted by Crippen LogP contribution is 2.37. The molecule has 5 nitrogen and oxygen atoms in total. The number of amides is 1. The second-order valence-electron chi connectivity index (χ2n) is 6.86. The number of nitrogens with two attached hydrogens (primary N) is 1. The Balaban J connectivity index is 1.95. The van der Waals surface area contributed by atoms with Crippen LogP contribution < -0.4 is 5.73 Å². The van der Waals surface area contributed by atoms with Gasteiger partial charge in [-0.1, -0.05) is 31.2 Å². The minimum atomic E-state index is -0.00710. The summed E-state index contributed by atoms with van der Waals surface area (Å²) in [5, 5.41) is 0.827. The maximum Gasteiger partial charge on any atom is 0.258 e. The van der Waals surface area contributed by atoms with E-state index in [1.165, 1.54) is 0 Å². The number of fused-ring (bicyclic) bond motifs is 2. The Hall–Kier alpha value is -2.95. The third-order valence-electron chi connectivity index (χ3n) is 4.98. The van der Waals surface area contributed by atoms with E-state index in [2.05, 4.69) is 18.0 Å². The molecule has 0 bridgehead atoms. The molecule has 0 unspecified atom stereocenters. The molecule has 0 aliphatic carbocycles. The van der Waals surface area contributed by atoms with Crippen LogP contribution in [0.1, 0.15) is 40.8 Å². The first kappa shape index (κ1) is 16.5. The van der Waals surface area contributed by atoms with E-state index in [0.717, 1.165) is 52.1 Å². The number of hydrogen-bond acceptors (Lipinski definition) is 4. The number of hydrogen-bond donors (Lipinski definition) is 1. The molecular formula is C21H22N4O. The quantitative estimate of drug-likeness (QED) is 0.781. The molecule has 1 aromatic carbocycles. The van der Waals surface area contributed by atoms with Crippen LogP contribution in [0.15, 0.2) is 30.3 Å². The lowest BCUT2D eigenvalue weighted by Gasteiger charge is -2.13. The van der Waals surface area contributed by atoms with E-state index in [-0.39, 0.29) is 5.91 Å². The Labute approximate surface area is 152 Å². The molecule has 0 spiro atoms. The Kier molecular flexibility index (Phi) is 3.87. The van der Waals surface area contributed by atoms with Crippen molar-refractivity contribution < 1.29 is 4.79 Å². The maximum absolute atomic E-state index is 12.7. The average molecular weight is 346 g/mol. The molecule has 0 fully saturated rings. The summed E-state index contributed by atoms with van der Waals surface area (Å²) in [4.78, 5) is 24.0. The average Bonchev–Trinajstić information content (AvgIpc) is 2.91. The zero-order chi connectivity index (χ0) is 18.4. The molecule has 1 aliphatic rings. The van der Waals surface area contributed by atoms with Gasteiger partial charge < -0.3 is 10.6 Å². The van der Waals surface area contributed by atoms with Gasteiger partial charge in [-0.25, -0.2) is 4.98 Å². The van der Waals surface area contributed by atoms with Crippen molar-refractivity contribution in [3.63, 3.8) is 0 Å². The second-order valence-corrected chi connectivity index (χ2v) is 6.86. The number of carbonyl (C=O) groups is 1. The number of aryl methyl sites for hydroxylation is 2. The van der Waals surface area contributed by atoms with Gasteiger partial charge in [0.2, 0.25) is 0 Å². The summed E-state index contributed by atoms with van der Waals surface area (Å²) < 4.78 is 0. The minimum Gasteiger partial charge on any atom is -0.397 e. The molecule has 0 saturated carbocycles. The lowest BCUT2D eigenvalue weighted by atomic mass is 9.98. The fraction of sp³-hybridized carbons (Fsp3) is 0.286. The van der Waals surface area contributed by atoms with Gasteiger partial charge in [0.25, 0.3) is 5.91 Å². The van der Waals surface area contributed by atoms with Crippen LogP contribution in [0, 0.1) is 13.8 Å². The number of anilines is 1. The topological polar surface area (TPSA) is 72.1 Å². The molecule has 2 aromatic heterocycles. The summed E-state index contributed by atoms with van der Waals surface area (Å²) in [7, 11) is 0. The van der Waals surface area contributed by atoms with Gasteiger partial charge in [0.15, 0.2) is 0 Å². The second kappa shape index (κ2) is 6.09. The molecule has 5 heteroatoms. The third-order valence-corrected chi connectivity index (χ3v) is 4.98. The first-order valence-corrected chi connectivity index (χ1v) is 8.96. The number of para-hydroxylation sites is 1. The Bertz CT molecular complexity index is 1040. The van der Waals surface area contributed by atoms with Gasteiger partial charge in [-0.3, -0.25) is 9.78 Å². The summed E-state index contributed by atoms with van der Waals surface area (Å²) >= 11 is 0. The van der Waals surface area contributed by atoms with E-state index in [9.17, 15) is 4.79 Å². The Morgan fingerprint density at radius 1 is 1.12 bits per heavy atom. The van der Waals surface area contributed by atoms with E-state index in [1.807, 2.05) is 43.0 Å². The molecule has 4 rings (SSSR count). The van der Waals surface area contributed by atoms with Crippen molar-refractivity contribution in [2.75, 3.05) is 12.3 Å². The highest BCUT2D eigenvalue weighted by Gasteiger charge is 2.31. The number of nitrogens with zero attached hydrogens (tertiary/aromatic N) is 3. The van der Waals surface area contributed by atoms with Crippen LogP contribution in [0.3, 0.4) is 0 Å². The number of rotatable bonds is 3. The summed E-state index contributed by atoms with van der Waals surface area (Å²) in [6.45, 7) is 7.30. The largest absolute Gasteiger partial charge is 0.397 e. The standard InChI is InChI=1S/C21H22N4O/c1-4-10-25-11-17-18(21(25)26)19(22)16-7-5-6-15(20(16)24-17)14-9-8-12(2)23-13(14)3/h5-9H,4,10-11H2,1-3H3,(H2,22,24). The van der Waals surface area contributed by atoms with Crippen molar-refractivity contribution in [2.45, 2.75) is 33.7 Å². The normalized spacial score (nSPS) is 13.5. The van der Waals surface area contributed by atoms with Gasteiger partial charge in [-0.15, -0.1) is 0 Å². The maximum atomic E-state index is 12.7. The van der Waals surface area contributed by atoms with Crippen molar-refractivity contribution >= 4 is 22.5 Å². The minimum absolute atomic E-state index is 0.00710. The highest BCUT2D eigenvalue weighted by molar-refractivity contribution is 6.11. The summed E-state index contributed by atoms with van der Waals surface area (Å²) in [5.41, 5.74) is 13.1. The number of nitrogen functional groups attached to an aromatic ring is 1. The van der Waals surface area contributed by atoms with Crippen LogP contribution in [0.5, 0.6) is 0 Å². The molecule has 3 aromatic rings. The third kappa shape index (κ3) is 2.43. The molecule has 3 heterocycles. The zero-order valence-corrected chi connectivity index (χ0v) is 15.3. The molecule has 1 amide bonds. The SMILES string of the molecule is CCCN1Cc2nc3c(-c4ccc(C)nc4C)cccc3c(N)c2C1=O. The molecule has 26 heavy (non-hydrogen) atoms. The van der Waals surface area contributed by atoms with Crippen molar-refractivity contribution in [2.24, 2.45) is 0 Å². The molecule has 1 aliphatic heterocycles. The van der Waals surface area contributed by atoms with Gasteiger partial charge in [-0.2, -0.15) is 0 Å². The molecule has 0 saturated heterocycles. The van der Waals surface area contributed by atoms with Crippen molar-refractivity contribution in [3.8, 4) is 11.1 Å².